The largest absolute Gasteiger partial charge is 0.495 e. The van der Waals surface area contributed by atoms with E-state index in [9.17, 15) is 14.9 Å². The maximum absolute atomic E-state index is 12.3. The number of likely N-dealkylation sites (tertiary alicyclic amines) is 1. The molecule has 0 spiro atoms. The maximum Gasteiger partial charge on any atom is 0.282 e. The summed E-state index contributed by atoms with van der Waals surface area (Å²) in [5, 5.41) is 13.6. The lowest BCUT2D eigenvalue weighted by Gasteiger charge is -2.20. The quantitative estimate of drug-likeness (QED) is 0.615. The van der Waals surface area contributed by atoms with Crippen LogP contribution in [-0.4, -0.2) is 37.1 Å². The van der Waals surface area contributed by atoms with Gasteiger partial charge in [-0.15, -0.1) is 0 Å². The number of methoxy groups -OCH3 is 1. The zero-order valence-electron chi connectivity index (χ0n) is 12.2. The fraction of sp³-hybridized carbons (Fsp3) is 0.500. The van der Waals surface area contributed by atoms with Crippen molar-refractivity contribution in [1.29, 1.82) is 0 Å². The van der Waals surface area contributed by atoms with E-state index in [2.05, 4.69) is 5.32 Å². The van der Waals surface area contributed by atoms with Crippen molar-refractivity contribution in [2.75, 3.05) is 25.5 Å². The van der Waals surface area contributed by atoms with E-state index < -0.39 is 4.92 Å². The maximum atomic E-state index is 12.3. The number of hydrogen-bond acceptors (Lipinski definition) is 4. The first kappa shape index (κ1) is 15.2. The Hall–Kier alpha value is -2.15. The van der Waals surface area contributed by atoms with E-state index in [0.29, 0.717) is 11.4 Å². The van der Waals surface area contributed by atoms with E-state index in [-0.39, 0.29) is 17.6 Å². The molecule has 1 aliphatic heterocycles. The summed E-state index contributed by atoms with van der Waals surface area (Å²) in [4.78, 5) is 23.9. The van der Waals surface area contributed by atoms with Gasteiger partial charge >= 0.3 is 0 Å². The minimum atomic E-state index is -0.496. The number of benzene rings is 1. The van der Waals surface area contributed by atoms with Gasteiger partial charge in [-0.05, 0) is 13.0 Å². The number of rotatable bonds is 5. The number of hydrogen-bond donors (Lipinski definition) is 2. The summed E-state index contributed by atoms with van der Waals surface area (Å²) in [7, 11) is 1.46. The normalized spacial score (nSPS) is 16.5. The Labute approximate surface area is 123 Å². The van der Waals surface area contributed by atoms with Gasteiger partial charge in [0.2, 0.25) is 0 Å². The average Bonchev–Trinajstić information content (AvgIpc) is 3.00. The zero-order valence-corrected chi connectivity index (χ0v) is 12.2. The van der Waals surface area contributed by atoms with E-state index in [1.807, 2.05) is 6.92 Å². The summed E-state index contributed by atoms with van der Waals surface area (Å²) in [6.07, 6.45) is 2.26. The minimum absolute atomic E-state index is 0.0766. The number of carbonyl (C=O) groups excluding carboxylic acids is 1. The molecule has 0 unspecified atom stereocenters. The number of quaternary nitrogens is 1. The topological polar surface area (TPSA) is 85.9 Å². The molecule has 1 amide bonds. The van der Waals surface area contributed by atoms with Crippen molar-refractivity contribution in [3.8, 4) is 5.75 Å². The predicted octanol–water partition coefficient (Wildman–Crippen LogP) is 0.609. The van der Waals surface area contributed by atoms with Crippen LogP contribution < -0.4 is 15.0 Å². The molecule has 1 heterocycles. The predicted molar refractivity (Wildman–Crippen MR) is 77.7 cm³/mol. The number of nitro benzene ring substituents is 1. The van der Waals surface area contributed by atoms with Crippen LogP contribution in [0.1, 0.15) is 19.8 Å². The van der Waals surface area contributed by atoms with E-state index in [0.717, 1.165) is 25.9 Å². The number of non-ortho nitro benzene ring substituents is 1. The molecule has 0 bridgehead atoms. The van der Waals surface area contributed by atoms with Crippen molar-refractivity contribution >= 4 is 17.3 Å². The number of nitrogens with one attached hydrogen (secondary N) is 2. The number of ether oxygens (including phenoxy) is 1. The molecule has 2 rings (SSSR count). The van der Waals surface area contributed by atoms with Gasteiger partial charge in [-0.2, -0.15) is 0 Å². The molecule has 0 aliphatic carbocycles. The lowest BCUT2D eigenvalue weighted by atomic mass is 10.2. The van der Waals surface area contributed by atoms with Crippen LogP contribution in [0.5, 0.6) is 5.75 Å². The molecule has 1 aliphatic rings. The van der Waals surface area contributed by atoms with E-state index in [1.165, 1.54) is 30.2 Å². The zero-order chi connectivity index (χ0) is 15.4. The van der Waals surface area contributed by atoms with Crippen molar-refractivity contribution in [3.63, 3.8) is 0 Å². The molecule has 114 valence electrons. The first-order valence-electron chi connectivity index (χ1n) is 7.01. The summed E-state index contributed by atoms with van der Waals surface area (Å²) in [6, 6.07) is 3.98. The van der Waals surface area contributed by atoms with Gasteiger partial charge in [-0.3, -0.25) is 14.9 Å². The molecule has 0 aromatic heterocycles. The molecule has 1 fully saturated rings. The van der Waals surface area contributed by atoms with Crippen LogP contribution in [0.3, 0.4) is 0 Å². The van der Waals surface area contributed by atoms with Crippen LogP contribution in [0.25, 0.3) is 0 Å². The Morgan fingerprint density at radius 2 is 2.10 bits per heavy atom. The Balaban J connectivity index is 2.15. The fourth-order valence-corrected chi connectivity index (χ4v) is 2.60. The molecule has 1 aromatic rings. The Kier molecular flexibility index (Phi) is 4.74. The van der Waals surface area contributed by atoms with Gasteiger partial charge in [-0.25, -0.2) is 0 Å². The number of nitrogens with zero attached hydrogens (tertiary/aromatic N) is 1. The summed E-state index contributed by atoms with van der Waals surface area (Å²) in [5.41, 5.74) is 0.259. The van der Waals surface area contributed by atoms with Gasteiger partial charge in [0, 0.05) is 25.0 Å². The molecule has 2 N–H and O–H groups in total. The first-order chi connectivity index (χ1) is 10.0. The fourth-order valence-electron chi connectivity index (χ4n) is 2.60. The minimum Gasteiger partial charge on any atom is -0.495 e. The molecular formula is C14H20N3O4+. The van der Waals surface area contributed by atoms with Crippen molar-refractivity contribution in [2.45, 2.75) is 25.8 Å². The molecule has 1 atom stereocenters. The van der Waals surface area contributed by atoms with Crippen LogP contribution >= 0.6 is 0 Å². The molecule has 21 heavy (non-hydrogen) atoms. The third-order valence-electron chi connectivity index (χ3n) is 3.90. The monoisotopic (exact) mass is 294 g/mol. The van der Waals surface area contributed by atoms with Crippen LogP contribution in [0.15, 0.2) is 18.2 Å². The van der Waals surface area contributed by atoms with Gasteiger partial charge in [0.1, 0.15) is 5.75 Å². The number of nitro groups is 1. The third-order valence-corrected chi connectivity index (χ3v) is 3.90. The third kappa shape index (κ3) is 3.49. The highest BCUT2D eigenvalue weighted by atomic mass is 16.6. The van der Waals surface area contributed by atoms with Crippen molar-refractivity contribution < 1.29 is 19.4 Å². The van der Waals surface area contributed by atoms with E-state index >= 15 is 0 Å². The highest BCUT2D eigenvalue weighted by molar-refractivity contribution is 5.95. The number of carbonyl (C=O) groups is 1. The lowest BCUT2D eigenvalue weighted by Crippen LogP contribution is -3.14. The van der Waals surface area contributed by atoms with Gasteiger partial charge in [0.25, 0.3) is 11.6 Å². The second-order valence-electron chi connectivity index (χ2n) is 5.22. The molecule has 0 radical (unpaired) electrons. The lowest BCUT2D eigenvalue weighted by molar-refractivity contribution is -0.901. The van der Waals surface area contributed by atoms with Crippen molar-refractivity contribution in [3.05, 3.63) is 28.3 Å². The van der Waals surface area contributed by atoms with Crippen LogP contribution in [0, 0.1) is 10.1 Å². The summed E-state index contributed by atoms with van der Waals surface area (Å²) in [6.45, 7) is 3.85. The molecule has 1 saturated heterocycles. The molecule has 7 heteroatoms. The van der Waals surface area contributed by atoms with Crippen LogP contribution in [0.4, 0.5) is 11.4 Å². The van der Waals surface area contributed by atoms with Crippen molar-refractivity contribution in [2.24, 2.45) is 0 Å². The van der Waals surface area contributed by atoms with E-state index in [1.54, 1.807) is 0 Å². The second-order valence-corrected chi connectivity index (χ2v) is 5.22. The highest BCUT2D eigenvalue weighted by Gasteiger charge is 2.28. The van der Waals surface area contributed by atoms with Gasteiger partial charge in [0.15, 0.2) is 6.04 Å². The van der Waals surface area contributed by atoms with Crippen molar-refractivity contribution in [1.82, 2.24) is 0 Å². The smallest absolute Gasteiger partial charge is 0.282 e. The van der Waals surface area contributed by atoms with Gasteiger partial charge in [-0.1, -0.05) is 0 Å². The van der Waals surface area contributed by atoms with Gasteiger partial charge in [0.05, 0.1) is 30.8 Å². The van der Waals surface area contributed by atoms with E-state index in [4.69, 9.17) is 4.74 Å². The Bertz CT molecular complexity index is 541. The second kappa shape index (κ2) is 6.53. The Morgan fingerprint density at radius 3 is 2.67 bits per heavy atom. The number of anilines is 1. The molecule has 1 aromatic carbocycles. The molecular weight excluding hydrogens is 274 g/mol. The van der Waals surface area contributed by atoms with Crippen LogP contribution in [0.2, 0.25) is 0 Å². The summed E-state index contributed by atoms with van der Waals surface area (Å²) >= 11 is 0. The first-order valence-corrected chi connectivity index (χ1v) is 7.01. The van der Waals surface area contributed by atoms with Crippen LogP contribution in [-0.2, 0) is 4.79 Å². The average molecular weight is 294 g/mol. The Morgan fingerprint density at radius 1 is 1.43 bits per heavy atom. The summed E-state index contributed by atoms with van der Waals surface area (Å²) in [5.74, 6) is 0.267. The van der Waals surface area contributed by atoms with Gasteiger partial charge < -0.3 is 15.0 Å². The standard InChI is InChI=1S/C14H19N3O4/c1-10(16-7-3-4-8-16)14(18)15-12-9-11(17(19)20)5-6-13(12)21-2/h5-6,9-10H,3-4,7-8H2,1-2H3,(H,15,18)/p+1/t10-/m1/s1. The highest BCUT2D eigenvalue weighted by Crippen LogP contribution is 2.28. The molecule has 0 saturated carbocycles. The number of amides is 1. The summed E-state index contributed by atoms with van der Waals surface area (Å²) < 4.78 is 5.14. The SMILES string of the molecule is COc1ccc([N+](=O)[O-])cc1NC(=O)[C@@H](C)[NH+]1CCCC1. The molecule has 7 nitrogen and oxygen atoms in total.